The van der Waals surface area contributed by atoms with Crippen molar-refractivity contribution in [3.63, 3.8) is 0 Å². The average Bonchev–Trinajstić information content (AvgIpc) is 2.75. The highest BCUT2D eigenvalue weighted by Crippen LogP contribution is 2.25. The first-order chi connectivity index (χ1) is 10.7. The lowest BCUT2D eigenvalue weighted by Crippen LogP contribution is -2.39. The fourth-order valence-electron chi connectivity index (χ4n) is 2.84. The summed E-state index contributed by atoms with van der Waals surface area (Å²) in [4.78, 5) is 28.2. The molecule has 2 N–H and O–H groups in total. The Morgan fingerprint density at radius 1 is 1.14 bits per heavy atom. The van der Waals surface area contributed by atoms with Crippen LogP contribution in [0.25, 0.3) is 0 Å². The van der Waals surface area contributed by atoms with Crippen molar-refractivity contribution in [2.45, 2.75) is 19.9 Å². The highest BCUT2D eigenvalue weighted by Gasteiger charge is 2.35. The second-order valence-electron chi connectivity index (χ2n) is 5.52. The van der Waals surface area contributed by atoms with Crippen LogP contribution in [0.5, 0.6) is 0 Å². The van der Waals surface area contributed by atoms with Crippen LogP contribution in [0.1, 0.15) is 18.9 Å². The van der Waals surface area contributed by atoms with Crippen molar-refractivity contribution in [2.24, 2.45) is 0 Å². The molecule has 0 atom stereocenters. The third-order valence-electron chi connectivity index (χ3n) is 3.79. The Hall–Kier alpha value is -2.50. The van der Waals surface area contributed by atoms with Crippen LogP contribution in [0.15, 0.2) is 41.8 Å². The Labute approximate surface area is 129 Å². The van der Waals surface area contributed by atoms with Crippen molar-refractivity contribution in [2.75, 3.05) is 19.8 Å². The molecule has 0 spiro atoms. The molecular formula is C16H20N4O2. The number of rotatable bonds is 4. The first kappa shape index (κ1) is 14.4. The van der Waals surface area contributed by atoms with Gasteiger partial charge in [0.05, 0.1) is 13.2 Å². The van der Waals surface area contributed by atoms with Gasteiger partial charge >= 0.3 is 0 Å². The smallest absolute Gasteiger partial charge is 0.271 e. The van der Waals surface area contributed by atoms with E-state index in [2.05, 4.69) is 22.5 Å². The Morgan fingerprint density at radius 2 is 1.91 bits per heavy atom. The number of benzene rings is 1. The molecule has 0 aliphatic carbocycles. The van der Waals surface area contributed by atoms with Crippen LogP contribution >= 0.6 is 0 Å². The predicted octanol–water partition coefficient (Wildman–Crippen LogP) is 0.587. The van der Waals surface area contributed by atoms with Crippen molar-refractivity contribution < 1.29 is 9.59 Å². The zero-order valence-corrected chi connectivity index (χ0v) is 12.6. The van der Waals surface area contributed by atoms with Gasteiger partial charge in [0.25, 0.3) is 5.91 Å². The highest BCUT2D eigenvalue weighted by atomic mass is 16.2. The molecule has 2 aliphatic heterocycles. The molecule has 2 heterocycles. The van der Waals surface area contributed by atoms with Crippen LogP contribution in [0.2, 0.25) is 0 Å². The molecule has 0 aromatic heterocycles. The summed E-state index contributed by atoms with van der Waals surface area (Å²) in [5.41, 5.74) is 1.69. The minimum Gasteiger partial charge on any atom is -0.342 e. The van der Waals surface area contributed by atoms with Crippen molar-refractivity contribution in [3.8, 4) is 0 Å². The van der Waals surface area contributed by atoms with Crippen molar-refractivity contribution in [3.05, 3.63) is 47.4 Å². The lowest BCUT2D eigenvalue weighted by molar-refractivity contribution is -0.123. The Morgan fingerprint density at radius 3 is 2.64 bits per heavy atom. The summed E-state index contributed by atoms with van der Waals surface area (Å²) in [6.45, 7) is 4.16. The molecule has 22 heavy (non-hydrogen) atoms. The fourth-order valence-corrected chi connectivity index (χ4v) is 2.84. The van der Waals surface area contributed by atoms with E-state index < -0.39 is 0 Å². The summed E-state index contributed by atoms with van der Waals surface area (Å²) in [6.07, 6.45) is 0.952. The van der Waals surface area contributed by atoms with Crippen LogP contribution in [0, 0.1) is 0 Å². The van der Waals surface area contributed by atoms with E-state index in [0.29, 0.717) is 24.7 Å². The number of nitrogens with zero attached hydrogens (tertiary/aromatic N) is 2. The lowest BCUT2D eigenvalue weighted by Gasteiger charge is -2.24. The first-order valence-electron chi connectivity index (χ1n) is 7.55. The maximum absolute atomic E-state index is 12.4. The van der Waals surface area contributed by atoms with Crippen LogP contribution in [-0.2, 0) is 16.1 Å². The Bertz CT molecular complexity index is 612. The SMILES string of the molecule is CCCN1CN(Cc2ccccc2)C2=C1NC(=O)CNC2=O. The molecular weight excluding hydrogens is 280 g/mol. The minimum atomic E-state index is -0.192. The van der Waals surface area contributed by atoms with Gasteiger partial charge < -0.3 is 20.4 Å². The molecule has 0 radical (unpaired) electrons. The number of carbonyl (C=O) groups is 2. The summed E-state index contributed by atoms with van der Waals surface area (Å²) in [5.74, 6) is 0.265. The van der Waals surface area contributed by atoms with Crippen molar-refractivity contribution >= 4 is 11.8 Å². The van der Waals surface area contributed by atoms with Gasteiger partial charge in [-0.25, -0.2) is 0 Å². The predicted molar refractivity (Wildman–Crippen MR) is 82.0 cm³/mol. The van der Waals surface area contributed by atoms with E-state index in [9.17, 15) is 9.59 Å². The lowest BCUT2D eigenvalue weighted by atomic mass is 10.2. The maximum atomic E-state index is 12.4. The number of hydrogen-bond donors (Lipinski definition) is 2. The van der Waals surface area contributed by atoms with E-state index >= 15 is 0 Å². The maximum Gasteiger partial charge on any atom is 0.271 e. The van der Waals surface area contributed by atoms with Crippen molar-refractivity contribution in [1.82, 2.24) is 20.4 Å². The number of carbonyl (C=O) groups excluding carboxylic acids is 2. The molecule has 0 unspecified atom stereocenters. The van der Waals surface area contributed by atoms with Gasteiger partial charge in [-0.2, -0.15) is 0 Å². The van der Waals surface area contributed by atoms with E-state index in [4.69, 9.17) is 0 Å². The molecule has 0 saturated carbocycles. The molecule has 116 valence electrons. The molecule has 6 nitrogen and oxygen atoms in total. The van der Waals surface area contributed by atoms with Crippen LogP contribution < -0.4 is 10.6 Å². The zero-order chi connectivity index (χ0) is 15.5. The summed E-state index contributed by atoms with van der Waals surface area (Å²) in [6, 6.07) is 10.0. The number of nitrogens with one attached hydrogen (secondary N) is 2. The second-order valence-corrected chi connectivity index (χ2v) is 5.52. The van der Waals surface area contributed by atoms with E-state index in [0.717, 1.165) is 18.5 Å². The van der Waals surface area contributed by atoms with Gasteiger partial charge in [-0.3, -0.25) is 9.59 Å². The van der Waals surface area contributed by atoms with Gasteiger partial charge in [0.15, 0.2) is 0 Å². The first-order valence-corrected chi connectivity index (χ1v) is 7.55. The fraction of sp³-hybridized carbons (Fsp3) is 0.375. The molecule has 1 aromatic rings. The third-order valence-corrected chi connectivity index (χ3v) is 3.79. The highest BCUT2D eigenvalue weighted by molar-refractivity contribution is 5.99. The zero-order valence-electron chi connectivity index (χ0n) is 12.6. The molecule has 0 saturated heterocycles. The van der Waals surface area contributed by atoms with Gasteiger partial charge in [-0.05, 0) is 12.0 Å². The standard InChI is InChI=1S/C16H20N4O2/c1-2-8-19-11-20(10-12-6-4-3-5-7-12)14-15(19)18-13(21)9-17-16(14)22/h3-7H,2,8-11H2,1H3,(H,17,22)(H,18,21). The number of hydrogen-bond acceptors (Lipinski definition) is 4. The summed E-state index contributed by atoms with van der Waals surface area (Å²) < 4.78 is 0. The Kier molecular flexibility index (Phi) is 4.00. The molecule has 0 bridgehead atoms. The molecule has 3 rings (SSSR count). The molecule has 0 fully saturated rings. The van der Waals surface area contributed by atoms with E-state index in [1.165, 1.54) is 0 Å². The minimum absolute atomic E-state index is 0.0188. The summed E-state index contributed by atoms with van der Waals surface area (Å²) >= 11 is 0. The van der Waals surface area contributed by atoms with E-state index in [1.807, 2.05) is 35.2 Å². The largest absolute Gasteiger partial charge is 0.342 e. The molecule has 2 aliphatic rings. The molecule has 2 amide bonds. The number of amides is 2. The van der Waals surface area contributed by atoms with Crippen LogP contribution in [0.3, 0.4) is 0 Å². The van der Waals surface area contributed by atoms with Crippen LogP contribution in [0.4, 0.5) is 0 Å². The van der Waals surface area contributed by atoms with Crippen LogP contribution in [-0.4, -0.2) is 41.4 Å². The average molecular weight is 300 g/mol. The second kappa shape index (κ2) is 6.09. The van der Waals surface area contributed by atoms with Gasteiger partial charge in [0.1, 0.15) is 11.5 Å². The quantitative estimate of drug-likeness (QED) is 0.854. The normalized spacial score (nSPS) is 18.0. The third kappa shape index (κ3) is 2.77. The Balaban J connectivity index is 1.90. The summed E-state index contributed by atoms with van der Waals surface area (Å²) in [5, 5.41) is 5.53. The van der Waals surface area contributed by atoms with Gasteiger partial charge in [0.2, 0.25) is 5.91 Å². The van der Waals surface area contributed by atoms with E-state index in [-0.39, 0.29) is 18.4 Å². The molecule has 6 heteroatoms. The van der Waals surface area contributed by atoms with Crippen molar-refractivity contribution in [1.29, 1.82) is 0 Å². The van der Waals surface area contributed by atoms with Gasteiger partial charge in [0, 0.05) is 13.1 Å². The molecule has 1 aromatic carbocycles. The van der Waals surface area contributed by atoms with Gasteiger partial charge in [-0.15, -0.1) is 0 Å². The van der Waals surface area contributed by atoms with E-state index in [1.54, 1.807) is 0 Å². The van der Waals surface area contributed by atoms with Gasteiger partial charge in [-0.1, -0.05) is 37.3 Å². The summed E-state index contributed by atoms with van der Waals surface area (Å²) in [7, 11) is 0. The monoisotopic (exact) mass is 300 g/mol. The topological polar surface area (TPSA) is 64.7 Å².